The lowest BCUT2D eigenvalue weighted by atomic mass is 9.99. The van der Waals surface area contributed by atoms with Gasteiger partial charge in [-0.1, -0.05) is 13.8 Å². The third-order valence-corrected chi connectivity index (χ3v) is 3.76. The highest BCUT2D eigenvalue weighted by Gasteiger charge is 2.15. The van der Waals surface area contributed by atoms with E-state index in [2.05, 4.69) is 65.6 Å². The molecule has 0 aliphatic rings. The molecule has 20 heavy (non-hydrogen) atoms. The fourth-order valence-electron chi connectivity index (χ4n) is 2.73. The Balaban J connectivity index is 2.15. The van der Waals surface area contributed by atoms with Crippen LogP contribution >= 0.6 is 0 Å². The van der Waals surface area contributed by atoms with Crippen molar-refractivity contribution >= 4 is 0 Å². The van der Waals surface area contributed by atoms with Crippen LogP contribution in [0.3, 0.4) is 0 Å². The van der Waals surface area contributed by atoms with Crippen molar-refractivity contribution in [3.8, 4) is 0 Å². The Morgan fingerprint density at radius 1 is 1.25 bits per heavy atom. The Kier molecular flexibility index (Phi) is 4.65. The summed E-state index contributed by atoms with van der Waals surface area (Å²) < 4.78 is 4.45. The van der Waals surface area contributed by atoms with Crippen LogP contribution in [0.1, 0.15) is 51.0 Å². The van der Waals surface area contributed by atoms with Gasteiger partial charge in [-0.3, -0.25) is 0 Å². The SMILES string of the molecule is CNC(c1ccn(Cc2cncn2C(C)C)c1)C(C)C. The van der Waals surface area contributed by atoms with E-state index in [0.29, 0.717) is 18.0 Å². The van der Waals surface area contributed by atoms with E-state index in [1.165, 1.54) is 11.3 Å². The fourth-order valence-corrected chi connectivity index (χ4v) is 2.73. The summed E-state index contributed by atoms with van der Waals surface area (Å²) in [4.78, 5) is 4.26. The van der Waals surface area contributed by atoms with Crippen LogP contribution in [0.2, 0.25) is 0 Å². The highest BCUT2D eigenvalue weighted by Crippen LogP contribution is 2.22. The zero-order chi connectivity index (χ0) is 14.7. The van der Waals surface area contributed by atoms with Crippen molar-refractivity contribution in [3.05, 3.63) is 42.2 Å². The van der Waals surface area contributed by atoms with Gasteiger partial charge < -0.3 is 14.5 Å². The first-order valence-corrected chi connectivity index (χ1v) is 7.36. The molecule has 0 fully saturated rings. The molecule has 4 heteroatoms. The molecule has 2 heterocycles. The third-order valence-electron chi connectivity index (χ3n) is 3.76. The van der Waals surface area contributed by atoms with Crippen LogP contribution in [-0.4, -0.2) is 21.2 Å². The van der Waals surface area contributed by atoms with Crippen LogP contribution < -0.4 is 5.32 Å². The van der Waals surface area contributed by atoms with Crippen molar-refractivity contribution in [1.82, 2.24) is 19.4 Å². The van der Waals surface area contributed by atoms with E-state index in [4.69, 9.17) is 0 Å². The molecule has 0 bridgehead atoms. The number of nitrogens with zero attached hydrogens (tertiary/aromatic N) is 3. The molecule has 0 radical (unpaired) electrons. The van der Waals surface area contributed by atoms with Crippen molar-refractivity contribution in [3.63, 3.8) is 0 Å². The largest absolute Gasteiger partial charge is 0.348 e. The maximum Gasteiger partial charge on any atom is 0.0951 e. The summed E-state index contributed by atoms with van der Waals surface area (Å²) in [5, 5.41) is 3.39. The van der Waals surface area contributed by atoms with Crippen molar-refractivity contribution < 1.29 is 0 Å². The Morgan fingerprint density at radius 3 is 2.60 bits per heavy atom. The number of rotatable bonds is 6. The van der Waals surface area contributed by atoms with Gasteiger partial charge in [0.2, 0.25) is 0 Å². The average molecular weight is 274 g/mol. The van der Waals surface area contributed by atoms with Crippen molar-refractivity contribution in [2.45, 2.75) is 46.3 Å². The van der Waals surface area contributed by atoms with E-state index in [0.717, 1.165) is 6.54 Å². The Hall–Kier alpha value is -1.55. The van der Waals surface area contributed by atoms with Gasteiger partial charge in [0, 0.05) is 30.7 Å². The molecule has 2 aromatic rings. The molecule has 4 nitrogen and oxygen atoms in total. The number of hydrogen-bond donors (Lipinski definition) is 1. The topological polar surface area (TPSA) is 34.8 Å². The molecule has 110 valence electrons. The number of nitrogens with one attached hydrogen (secondary N) is 1. The second-order valence-electron chi connectivity index (χ2n) is 6.01. The molecular formula is C16H26N4. The predicted octanol–water partition coefficient (Wildman–Crippen LogP) is 3.23. The Labute approximate surface area is 121 Å². The minimum absolute atomic E-state index is 0.409. The maximum atomic E-state index is 4.26. The molecule has 0 aromatic carbocycles. The summed E-state index contributed by atoms with van der Waals surface area (Å²) in [6.07, 6.45) is 8.26. The van der Waals surface area contributed by atoms with Gasteiger partial charge >= 0.3 is 0 Å². The van der Waals surface area contributed by atoms with Gasteiger partial charge in [-0.25, -0.2) is 4.98 Å². The van der Waals surface area contributed by atoms with E-state index in [1.807, 2.05) is 19.6 Å². The van der Waals surface area contributed by atoms with Gasteiger partial charge in [-0.15, -0.1) is 0 Å². The minimum Gasteiger partial charge on any atom is -0.348 e. The molecule has 2 aromatic heterocycles. The number of imidazole rings is 1. The monoisotopic (exact) mass is 274 g/mol. The summed E-state index contributed by atoms with van der Waals surface area (Å²) in [6, 6.07) is 3.06. The first-order valence-electron chi connectivity index (χ1n) is 7.36. The lowest BCUT2D eigenvalue weighted by Gasteiger charge is -2.19. The van der Waals surface area contributed by atoms with Crippen LogP contribution in [0.15, 0.2) is 31.0 Å². The standard InChI is InChI=1S/C16H26N4/c1-12(2)16(17-5)14-6-7-19(9-14)10-15-8-18-11-20(15)13(3)4/h6-9,11-13,16-17H,10H2,1-5H3. The highest BCUT2D eigenvalue weighted by molar-refractivity contribution is 5.17. The zero-order valence-corrected chi connectivity index (χ0v) is 13.2. The molecule has 0 saturated heterocycles. The second-order valence-corrected chi connectivity index (χ2v) is 6.01. The van der Waals surface area contributed by atoms with Gasteiger partial charge in [-0.2, -0.15) is 0 Å². The predicted molar refractivity (Wildman–Crippen MR) is 82.8 cm³/mol. The highest BCUT2D eigenvalue weighted by atomic mass is 15.1. The zero-order valence-electron chi connectivity index (χ0n) is 13.2. The molecule has 0 spiro atoms. The summed E-state index contributed by atoms with van der Waals surface area (Å²) >= 11 is 0. The molecule has 1 atom stereocenters. The second kappa shape index (κ2) is 6.27. The van der Waals surface area contributed by atoms with Crippen LogP contribution in [-0.2, 0) is 6.54 Å². The fraction of sp³-hybridized carbons (Fsp3) is 0.562. The van der Waals surface area contributed by atoms with Gasteiger partial charge in [0.15, 0.2) is 0 Å². The van der Waals surface area contributed by atoms with Crippen LogP contribution in [0.5, 0.6) is 0 Å². The minimum atomic E-state index is 0.409. The van der Waals surface area contributed by atoms with E-state index in [1.54, 1.807) is 0 Å². The Morgan fingerprint density at radius 2 is 2.00 bits per heavy atom. The van der Waals surface area contributed by atoms with Gasteiger partial charge in [-0.05, 0) is 38.4 Å². The first-order chi connectivity index (χ1) is 9.52. The lowest BCUT2D eigenvalue weighted by molar-refractivity contribution is 0.442. The smallest absolute Gasteiger partial charge is 0.0951 e. The molecule has 1 N–H and O–H groups in total. The molecular weight excluding hydrogens is 248 g/mol. The molecule has 0 aliphatic carbocycles. The number of hydrogen-bond acceptors (Lipinski definition) is 2. The summed E-state index contributed by atoms with van der Waals surface area (Å²) in [5.41, 5.74) is 2.59. The average Bonchev–Trinajstić information content (AvgIpc) is 3.00. The van der Waals surface area contributed by atoms with E-state index in [9.17, 15) is 0 Å². The number of aromatic nitrogens is 3. The summed E-state index contributed by atoms with van der Waals surface area (Å²) in [5.74, 6) is 0.581. The normalized spacial score (nSPS) is 13.3. The quantitative estimate of drug-likeness (QED) is 0.877. The van der Waals surface area contributed by atoms with Crippen LogP contribution in [0.4, 0.5) is 0 Å². The van der Waals surface area contributed by atoms with E-state index in [-0.39, 0.29) is 0 Å². The Bertz CT molecular complexity index is 536. The van der Waals surface area contributed by atoms with Gasteiger partial charge in [0.25, 0.3) is 0 Å². The van der Waals surface area contributed by atoms with Crippen LogP contribution in [0.25, 0.3) is 0 Å². The lowest BCUT2D eigenvalue weighted by Crippen LogP contribution is -2.21. The molecule has 2 rings (SSSR count). The van der Waals surface area contributed by atoms with E-state index < -0.39 is 0 Å². The molecule has 0 saturated carbocycles. The molecule has 0 amide bonds. The molecule has 1 unspecified atom stereocenters. The van der Waals surface area contributed by atoms with E-state index >= 15 is 0 Å². The van der Waals surface area contributed by atoms with Crippen molar-refractivity contribution in [1.29, 1.82) is 0 Å². The van der Waals surface area contributed by atoms with Crippen molar-refractivity contribution in [2.75, 3.05) is 7.05 Å². The van der Waals surface area contributed by atoms with Gasteiger partial charge in [0.05, 0.1) is 18.6 Å². The van der Waals surface area contributed by atoms with Gasteiger partial charge in [0.1, 0.15) is 0 Å². The first kappa shape index (κ1) is 14.9. The molecule has 0 aliphatic heterocycles. The summed E-state index contributed by atoms with van der Waals surface area (Å²) in [6.45, 7) is 9.72. The maximum absolute atomic E-state index is 4.26. The third kappa shape index (κ3) is 3.12. The van der Waals surface area contributed by atoms with Crippen molar-refractivity contribution in [2.24, 2.45) is 5.92 Å². The van der Waals surface area contributed by atoms with Crippen LogP contribution in [0, 0.1) is 5.92 Å². The summed E-state index contributed by atoms with van der Waals surface area (Å²) in [7, 11) is 2.02.